The predicted octanol–water partition coefficient (Wildman–Crippen LogP) is 3.29. The lowest BCUT2D eigenvalue weighted by atomic mass is 10.1. The van der Waals surface area contributed by atoms with Crippen LogP contribution < -0.4 is 0 Å². The van der Waals surface area contributed by atoms with Gasteiger partial charge in [-0.05, 0) is 31.4 Å². The van der Waals surface area contributed by atoms with Gasteiger partial charge in [0.2, 0.25) is 0 Å². The van der Waals surface area contributed by atoms with Crippen molar-refractivity contribution in [3.63, 3.8) is 0 Å². The molecule has 21 heavy (non-hydrogen) atoms. The van der Waals surface area contributed by atoms with E-state index in [2.05, 4.69) is 36.3 Å². The van der Waals surface area contributed by atoms with Crippen LogP contribution in [0.15, 0.2) is 35.4 Å². The molecule has 1 saturated carbocycles. The van der Waals surface area contributed by atoms with Crippen molar-refractivity contribution in [1.82, 2.24) is 9.78 Å². The predicted molar refractivity (Wildman–Crippen MR) is 82.8 cm³/mol. The van der Waals surface area contributed by atoms with Crippen LogP contribution in [-0.2, 0) is 11.3 Å². The summed E-state index contributed by atoms with van der Waals surface area (Å²) in [5.41, 5.74) is 3.52. The lowest BCUT2D eigenvalue weighted by Crippen LogP contribution is -2.05. The third-order valence-electron chi connectivity index (χ3n) is 3.52. The van der Waals surface area contributed by atoms with E-state index in [9.17, 15) is 4.79 Å². The number of aryl methyl sites for hydroxylation is 1. The van der Waals surface area contributed by atoms with Gasteiger partial charge in [-0.3, -0.25) is 9.48 Å². The summed E-state index contributed by atoms with van der Waals surface area (Å²) < 4.78 is 1.94. The largest absolute Gasteiger partial charge is 0.481 e. The molecule has 3 rings (SSSR count). The van der Waals surface area contributed by atoms with Gasteiger partial charge in [0, 0.05) is 5.92 Å². The number of nitrogens with zero attached hydrogens (tertiary/aromatic N) is 2. The van der Waals surface area contributed by atoms with Gasteiger partial charge in [-0.2, -0.15) is 5.10 Å². The Kier molecular flexibility index (Phi) is 4.01. The Morgan fingerprint density at radius 3 is 2.90 bits per heavy atom. The molecule has 0 unspecified atom stereocenters. The molecule has 110 valence electrons. The molecular weight excluding hydrogens is 284 g/mol. The van der Waals surface area contributed by atoms with Crippen molar-refractivity contribution in [3.05, 3.63) is 47.2 Å². The first-order valence-electron chi connectivity index (χ1n) is 7.09. The van der Waals surface area contributed by atoms with Crippen LogP contribution in [0.1, 0.15) is 35.6 Å². The number of thioether (sulfide) groups is 1. The minimum absolute atomic E-state index is 0.0730. The molecule has 1 fully saturated rings. The van der Waals surface area contributed by atoms with Crippen LogP contribution in [0.4, 0.5) is 0 Å². The van der Waals surface area contributed by atoms with E-state index in [1.165, 1.54) is 35.7 Å². The molecule has 2 aromatic rings. The Morgan fingerprint density at radius 2 is 2.24 bits per heavy atom. The molecule has 0 radical (unpaired) electrons. The molecule has 1 heterocycles. The van der Waals surface area contributed by atoms with Gasteiger partial charge in [-0.1, -0.05) is 41.6 Å². The van der Waals surface area contributed by atoms with Gasteiger partial charge in [-0.15, -0.1) is 0 Å². The lowest BCUT2D eigenvalue weighted by Gasteiger charge is -2.07. The number of rotatable bonds is 6. The van der Waals surface area contributed by atoms with Crippen LogP contribution >= 0.6 is 11.8 Å². The smallest absolute Gasteiger partial charge is 0.313 e. The Bertz CT molecular complexity index is 662. The average Bonchev–Trinajstić information content (AvgIpc) is 3.20. The van der Waals surface area contributed by atoms with Crippen molar-refractivity contribution < 1.29 is 9.90 Å². The molecule has 1 N–H and O–H groups in total. The fourth-order valence-corrected chi connectivity index (χ4v) is 3.08. The summed E-state index contributed by atoms with van der Waals surface area (Å²) in [5.74, 6) is -0.145. The first-order valence-corrected chi connectivity index (χ1v) is 8.08. The third kappa shape index (κ3) is 3.67. The summed E-state index contributed by atoms with van der Waals surface area (Å²) >= 11 is 1.35. The number of carbonyl (C=O) groups is 1. The normalized spacial score (nSPS) is 14.3. The SMILES string of the molecule is Cc1cccc(Cn2nc(C3CC3)cc2SCC(=O)O)c1. The van der Waals surface area contributed by atoms with Gasteiger partial charge in [0.25, 0.3) is 0 Å². The van der Waals surface area contributed by atoms with Crippen molar-refractivity contribution in [2.75, 3.05) is 5.75 Å². The summed E-state index contributed by atoms with van der Waals surface area (Å²) in [5, 5.41) is 14.5. The topological polar surface area (TPSA) is 55.1 Å². The second-order valence-corrected chi connectivity index (χ2v) is 6.51. The summed E-state index contributed by atoms with van der Waals surface area (Å²) in [6, 6.07) is 10.4. The van der Waals surface area contributed by atoms with Crippen molar-refractivity contribution in [3.8, 4) is 0 Å². The van der Waals surface area contributed by atoms with E-state index < -0.39 is 5.97 Å². The number of aliphatic carboxylic acids is 1. The van der Waals surface area contributed by atoms with E-state index >= 15 is 0 Å². The van der Waals surface area contributed by atoms with Crippen LogP contribution in [0.5, 0.6) is 0 Å². The van der Waals surface area contributed by atoms with Crippen molar-refractivity contribution in [2.45, 2.75) is 37.3 Å². The summed E-state index contributed by atoms with van der Waals surface area (Å²) in [7, 11) is 0. The minimum Gasteiger partial charge on any atom is -0.481 e. The number of aromatic nitrogens is 2. The Balaban J connectivity index is 1.82. The first kappa shape index (κ1) is 14.2. The highest BCUT2D eigenvalue weighted by atomic mass is 32.2. The molecule has 1 aliphatic rings. The summed E-state index contributed by atoms with van der Waals surface area (Å²) in [6.45, 7) is 2.76. The Labute approximate surface area is 128 Å². The highest BCUT2D eigenvalue weighted by molar-refractivity contribution is 7.99. The molecule has 1 aliphatic carbocycles. The van der Waals surface area contributed by atoms with Crippen molar-refractivity contribution in [1.29, 1.82) is 0 Å². The molecule has 0 atom stereocenters. The maximum Gasteiger partial charge on any atom is 0.313 e. The van der Waals surface area contributed by atoms with Gasteiger partial charge >= 0.3 is 5.97 Å². The van der Waals surface area contributed by atoms with Crippen LogP contribution in [0.3, 0.4) is 0 Å². The van der Waals surface area contributed by atoms with Gasteiger partial charge < -0.3 is 5.11 Å². The van der Waals surface area contributed by atoms with E-state index in [4.69, 9.17) is 5.11 Å². The van der Waals surface area contributed by atoms with E-state index in [-0.39, 0.29) is 5.75 Å². The Morgan fingerprint density at radius 1 is 1.43 bits per heavy atom. The standard InChI is InChI=1S/C16H18N2O2S/c1-11-3-2-4-12(7-11)9-18-15(21-10-16(19)20)8-14(17-18)13-5-6-13/h2-4,7-8,13H,5-6,9-10H2,1H3,(H,19,20). The zero-order valence-electron chi connectivity index (χ0n) is 12.0. The zero-order valence-corrected chi connectivity index (χ0v) is 12.8. The van der Waals surface area contributed by atoms with E-state index in [0.29, 0.717) is 12.5 Å². The van der Waals surface area contributed by atoms with E-state index in [1.807, 2.05) is 10.7 Å². The van der Waals surface area contributed by atoms with Gasteiger partial charge in [0.15, 0.2) is 0 Å². The van der Waals surface area contributed by atoms with Gasteiger partial charge in [-0.25, -0.2) is 0 Å². The maximum atomic E-state index is 10.8. The average molecular weight is 302 g/mol. The molecule has 0 saturated heterocycles. The maximum absolute atomic E-state index is 10.8. The summed E-state index contributed by atoms with van der Waals surface area (Å²) in [4.78, 5) is 10.8. The van der Waals surface area contributed by atoms with Crippen molar-refractivity contribution in [2.24, 2.45) is 0 Å². The number of hydrogen-bond donors (Lipinski definition) is 1. The van der Waals surface area contributed by atoms with Crippen LogP contribution in [0.25, 0.3) is 0 Å². The number of carboxylic acids is 1. The second kappa shape index (κ2) is 5.93. The Hall–Kier alpha value is -1.75. The van der Waals surface area contributed by atoms with Crippen LogP contribution in [-0.4, -0.2) is 26.6 Å². The second-order valence-electron chi connectivity index (χ2n) is 5.51. The third-order valence-corrected chi connectivity index (χ3v) is 4.53. The minimum atomic E-state index is -0.795. The number of hydrogen-bond acceptors (Lipinski definition) is 3. The molecule has 0 spiro atoms. The highest BCUT2D eigenvalue weighted by Gasteiger charge is 2.27. The molecule has 0 amide bonds. The van der Waals surface area contributed by atoms with Crippen LogP contribution in [0.2, 0.25) is 0 Å². The van der Waals surface area contributed by atoms with E-state index in [1.54, 1.807) is 0 Å². The number of benzene rings is 1. The molecule has 0 aliphatic heterocycles. The molecular formula is C16H18N2O2S. The zero-order chi connectivity index (χ0) is 14.8. The molecule has 4 nitrogen and oxygen atoms in total. The fourth-order valence-electron chi connectivity index (χ4n) is 2.35. The van der Waals surface area contributed by atoms with Crippen molar-refractivity contribution >= 4 is 17.7 Å². The monoisotopic (exact) mass is 302 g/mol. The van der Waals surface area contributed by atoms with Gasteiger partial charge in [0.05, 0.1) is 23.0 Å². The number of carboxylic acid groups (broad SMARTS) is 1. The molecule has 0 bridgehead atoms. The fraction of sp³-hybridized carbons (Fsp3) is 0.375. The quantitative estimate of drug-likeness (QED) is 0.832. The molecule has 5 heteroatoms. The van der Waals surface area contributed by atoms with E-state index in [0.717, 1.165) is 10.7 Å². The first-order chi connectivity index (χ1) is 10.1. The summed E-state index contributed by atoms with van der Waals surface area (Å²) in [6.07, 6.45) is 2.40. The molecule has 1 aromatic heterocycles. The highest BCUT2D eigenvalue weighted by Crippen LogP contribution is 2.40. The van der Waals surface area contributed by atoms with Gasteiger partial charge in [0.1, 0.15) is 0 Å². The van der Waals surface area contributed by atoms with Crippen LogP contribution in [0, 0.1) is 6.92 Å². The lowest BCUT2D eigenvalue weighted by molar-refractivity contribution is -0.133. The molecule has 1 aromatic carbocycles.